The van der Waals surface area contributed by atoms with E-state index in [1.807, 2.05) is 0 Å². The summed E-state index contributed by atoms with van der Waals surface area (Å²) in [5, 5.41) is 8.82. The Kier molecular flexibility index (Phi) is 4.02. The number of carboxylic acid groups (broad SMARTS) is 1. The number of benzene rings is 2. The molecule has 0 atom stereocenters. The highest BCUT2D eigenvalue weighted by Crippen LogP contribution is 2.37. The van der Waals surface area contributed by atoms with E-state index in [2.05, 4.69) is 0 Å². The number of hydrogen-bond acceptors (Lipinski definition) is 1. The Morgan fingerprint density at radius 3 is 2.19 bits per heavy atom. The standard InChI is InChI=1S/C16H13F3O2/c1-2-10-3-8-13(14(9-10)16(17,18)19)11-4-6-12(7-5-11)15(20)21/h3-9H,2H2,1H3,(H,20,21). The summed E-state index contributed by atoms with van der Waals surface area (Å²) < 4.78 is 39.5. The van der Waals surface area contributed by atoms with Crippen LogP contribution < -0.4 is 0 Å². The summed E-state index contributed by atoms with van der Waals surface area (Å²) in [6.07, 6.45) is -3.94. The van der Waals surface area contributed by atoms with Crippen LogP contribution in [0.2, 0.25) is 0 Å². The number of aryl methyl sites for hydroxylation is 1. The topological polar surface area (TPSA) is 37.3 Å². The largest absolute Gasteiger partial charge is 0.478 e. The minimum atomic E-state index is -4.45. The molecule has 110 valence electrons. The number of aromatic carboxylic acids is 1. The van der Waals surface area contributed by atoms with Crippen molar-refractivity contribution in [3.8, 4) is 11.1 Å². The third kappa shape index (κ3) is 3.24. The highest BCUT2D eigenvalue weighted by atomic mass is 19.4. The normalized spacial score (nSPS) is 11.4. The van der Waals surface area contributed by atoms with E-state index in [4.69, 9.17) is 5.11 Å². The van der Waals surface area contributed by atoms with Crippen LogP contribution >= 0.6 is 0 Å². The quantitative estimate of drug-likeness (QED) is 0.896. The van der Waals surface area contributed by atoms with Crippen molar-refractivity contribution >= 4 is 5.97 Å². The molecule has 1 N–H and O–H groups in total. The number of halogens is 3. The minimum absolute atomic E-state index is 0.0393. The van der Waals surface area contributed by atoms with Crippen LogP contribution in [0.1, 0.15) is 28.4 Å². The number of alkyl halides is 3. The minimum Gasteiger partial charge on any atom is -0.478 e. The van der Waals surface area contributed by atoms with Gasteiger partial charge in [0, 0.05) is 0 Å². The van der Waals surface area contributed by atoms with Gasteiger partial charge in [-0.25, -0.2) is 4.79 Å². The zero-order valence-electron chi connectivity index (χ0n) is 11.2. The van der Waals surface area contributed by atoms with Gasteiger partial charge in [-0.15, -0.1) is 0 Å². The Hall–Kier alpha value is -2.30. The highest BCUT2D eigenvalue weighted by Gasteiger charge is 2.33. The molecule has 0 saturated carbocycles. The van der Waals surface area contributed by atoms with Crippen molar-refractivity contribution in [2.75, 3.05) is 0 Å². The summed E-state index contributed by atoms with van der Waals surface area (Å²) in [6.45, 7) is 1.79. The molecule has 0 fully saturated rings. The van der Waals surface area contributed by atoms with Gasteiger partial charge in [-0.05, 0) is 41.3 Å². The maximum absolute atomic E-state index is 13.2. The lowest BCUT2D eigenvalue weighted by molar-refractivity contribution is -0.137. The first-order chi connectivity index (χ1) is 9.82. The number of rotatable bonds is 3. The van der Waals surface area contributed by atoms with Crippen LogP contribution in [0.5, 0.6) is 0 Å². The maximum atomic E-state index is 13.2. The molecular weight excluding hydrogens is 281 g/mol. The second-order valence-electron chi connectivity index (χ2n) is 4.61. The summed E-state index contributed by atoms with van der Waals surface area (Å²) in [7, 11) is 0. The smallest absolute Gasteiger partial charge is 0.417 e. The molecule has 21 heavy (non-hydrogen) atoms. The zero-order chi connectivity index (χ0) is 15.6. The molecule has 0 aliphatic rings. The van der Waals surface area contributed by atoms with Crippen molar-refractivity contribution in [3.05, 3.63) is 59.2 Å². The molecule has 0 aliphatic carbocycles. The van der Waals surface area contributed by atoms with Gasteiger partial charge in [-0.3, -0.25) is 0 Å². The summed E-state index contributed by atoms with van der Waals surface area (Å²) >= 11 is 0. The molecule has 0 heterocycles. The zero-order valence-corrected chi connectivity index (χ0v) is 11.2. The molecule has 0 saturated heterocycles. The fraction of sp³-hybridized carbons (Fsp3) is 0.188. The van der Waals surface area contributed by atoms with Crippen molar-refractivity contribution in [2.24, 2.45) is 0 Å². The monoisotopic (exact) mass is 294 g/mol. The lowest BCUT2D eigenvalue weighted by atomic mass is 9.95. The summed E-state index contributed by atoms with van der Waals surface area (Å²) in [6, 6.07) is 9.59. The fourth-order valence-corrected chi connectivity index (χ4v) is 2.09. The van der Waals surface area contributed by atoms with Gasteiger partial charge in [0.05, 0.1) is 11.1 Å². The third-order valence-electron chi connectivity index (χ3n) is 3.24. The van der Waals surface area contributed by atoms with Crippen molar-refractivity contribution in [2.45, 2.75) is 19.5 Å². The number of hydrogen-bond donors (Lipinski definition) is 1. The Morgan fingerprint density at radius 2 is 1.71 bits per heavy atom. The molecule has 0 bridgehead atoms. The first kappa shape index (κ1) is 15.1. The molecule has 0 spiro atoms. The van der Waals surface area contributed by atoms with Crippen LogP contribution in [0.4, 0.5) is 13.2 Å². The van der Waals surface area contributed by atoms with Crippen LogP contribution in [-0.2, 0) is 12.6 Å². The van der Waals surface area contributed by atoms with Gasteiger partial charge in [-0.2, -0.15) is 13.2 Å². The molecule has 2 aromatic carbocycles. The molecule has 0 unspecified atom stereocenters. The predicted molar refractivity (Wildman–Crippen MR) is 73.2 cm³/mol. The highest BCUT2D eigenvalue weighted by molar-refractivity contribution is 5.88. The molecule has 0 radical (unpaired) electrons. The Labute approximate surface area is 119 Å². The molecule has 2 rings (SSSR count). The van der Waals surface area contributed by atoms with Gasteiger partial charge < -0.3 is 5.11 Å². The number of carbonyl (C=O) groups is 1. The first-order valence-corrected chi connectivity index (χ1v) is 6.36. The Balaban J connectivity index is 2.55. The van der Waals surface area contributed by atoms with Crippen molar-refractivity contribution in [1.82, 2.24) is 0 Å². The lowest BCUT2D eigenvalue weighted by Gasteiger charge is -2.14. The number of carboxylic acids is 1. The molecule has 0 aliphatic heterocycles. The predicted octanol–water partition coefficient (Wildman–Crippen LogP) is 4.63. The van der Waals surface area contributed by atoms with Gasteiger partial charge in [0.1, 0.15) is 0 Å². The van der Waals surface area contributed by atoms with Gasteiger partial charge >= 0.3 is 12.1 Å². The Morgan fingerprint density at radius 1 is 1.10 bits per heavy atom. The summed E-state index contributed by atoms with van der Waals surface area (Å²) in [4.78, 5) is 10.8. The van der Waals surface area contributed by atoms with Gasteiger partial charge in [0.2, 0.25) is 0 Å². The van der Waals surface area contributed by atoms with Crippen molar-refractivity contribution in [1.29, 1.82) is 0 Å². The van der Waals surface area contributed by atoms with Gasteiger partial charge in [-0.1, -0.05) is 31.2 Å². The van der Waals surface area contributed by atoms with E-state index in [9.17, 15) is 18.0 Å². The lowest BCUT2D eigenvalue weighted by Crippen LogP contribution is -2.08. The van der Waals surface area contributed by atoms with Crippen LogP contribution in [0.15, 0.2) is 42.5 Å². The van der Waals surface area contributed by atoms with Crippen LogP contribution in [0.3, 0.4) is 0 Å². The fourth-order valence-electron chi connectivity index (χ4n) is 2.09. The maximum Gasteiger partial charge on any atom is 0.417 e. The van der Waals surface area contributed by atoms with Crippen LogP contribution in [0.25, 0.3) is 11.1 Å². The average Bonchev–Trinajstić information content (AvgIpc) is 2.46. The second kappa shape index (κ2) is 5.60. The molecule has 0 amide bonds. The van der Waals surface area contributed by atoms with Crippen LogP contribution in [-0.4, -0.2) is 11.1 Å². The van der Waals surface area contributed by atoms with Crippen molar-refractivity contribution < 1.29 is 23.1 Å². The summed E-state index contributed by atoms with van der Waals surface area (Å²) in [5.74, 6) is -1.11. The van der Waals surface area contributed by atoms with E-state index in [0.717, 1.165) is 6.07 Å². The van der Waals surface area contributed by atoms with Gasteiger partial charge in [0.25, 0.3) is 0 Å². The average molecular weight is 294 g/mol. The van der Waals surface area contributed by atoms with E-state index in [-0.39, 0.29) is 11.1 Å². The van der Waals surface area contributed by atoms with Crippen LogP contribution in [0, 0.1) is 0 Å². The second-order valence-corrected chi connectivity index (χ2v) is 4.61. The molecular formula is C16H13F3O2. The molecule has 2 aromatic rings. The molecule has 5 heteroatoms. The van der Waals surface area contributed by atoms with Crippen molar-refractivity contribution in [3.63, 3.8) is 0 Å². The van der Waals surface area contributed by atoms with E-state index in [0.29, 0.717) is 17.5 Å². The van der Waals surface area contributed by atoms with E-state index >= 15 is 0 Å². The Bertz CT molecular complexity index is 658. The van der Waals surface area contributed by atoms with Gasteiger partial charge in [0.15, 0.2) is 0 Å². The molecule has 0 aromatic heterocycles. The first-order valence-electron chi connectivity index (χ1n) is 6.36. The van der Waals surface area contributed by atoms with E-state index in [1.165, 1.54) is 30.3 Å². The SMILES string of the molecule is CCc1ccc(-c2ccc(C(=O)O)cc2)c(C(F)(F)F)c1. The van der Waals surface area contributed by atoms with E-state index in [1.54, 1.807) is 13.0 Å². The molecule has 2 nitrogen and oxygen atoms in total. The summed E-state index contributed by atoms with van der Waals surface area (Å²) in [5.41, 5.74) is 0.335. The third-order valence-corrected chi connectivity index (χ3v) is 3.24. The van der Waals surface area contributed by atoms with E-state index < -0.39 is 17.7 Å².